The molecule has 0 saturated heterocycles. The second-order valence-corrected chi connectivity index (χ2v) is 2.58. The van der Waals surface area contributed by atoms with E-state index >= 15 is 0 Å². The molecule has 0 aliphatic heterocycles. The van der Waals surface area contributed by atoms with Crippen LogP contribution in [0.3, 0.4) is 0 Å². The smallest absolute Gasteiger partial charge is 0.327 e. The molecule has 0 aliphatic rings. The van der Waals surface area contributed by atoms with Gasteiger partial charge in [0.05, 0.1) is 0 Å². The number of amides is 1. The molecule has 0 fully saturated rings. The molecule has 5 nitrogen and oxygen atoms in total. The molecule has 0 rings (SSSR count). The quantitative estimate of drug-likeness (QED) is 0.313. The topological polar surface area (TPSA) is 81.4 Å². The Morgan fingerprint density at radius 3 is 2.64 bits per heavy atom. The van der Waals surface area contributed by atoms with Crippen molar-refractivity contribution >= 4 is 12.4 Å². The maximum absolute atomic E-state index is 10.7. The van der Waals surface area contributed by atoms with Crippen molar-refractivity contribution in [2.24, 2.45) is 5.73 Å². The Labute approximate surface area is 64.9 Å². The third kappa shape index (κ3) is 6.79. The predicted octanol–water partition coefficient (Wildman–Crippen LogP) is -1.03. The maximum Gasteiger partial charge on any atom is 0.327 e. The number of esters is 1. The van der Waals surface area contributed by atoms with Crippen molar-refractivity contribution in [1.29, 1.82) is 0 Å². The molecule has 0 bridgehead atoms. The number of carbonyl (C=O) groups is 2. The van der Waals surface area contributed by atoms with E-state index in [0.717, 1.165) is 0 Å². The van der Waals surface area contributed by atoms with E-state index in [1.807, 2.05) is 0 Å². The molecule has 1 amide bonds. The van der Waals surface area contributed by atoms with Crippen LogP contribution in [0, 0.1) is 0 Å². The van der Waals surface area contributed by atoms with Gasteiger partial charge in [-0.25, -0.2) is 0 Å². The van der Waals surface area contributed by atoms with Gasteiger partial charge in [0, 0.05) is 0 Å². The summed E-state index contributed by atoms with van der Waals surface area (Å²) in [4.78, 5) is 20.4. The van der Waals surface area contributed by atoms with Gasteiger partial charge in [-0.1, -0.05) is 0 Å². The summed E-state index contributed by atoms with van der Waals surface area (Å²) >= 11 is 0. The first-order chi connectivity index (χ1) is 4.95. The molecule has 11 heavy (non-hydrogen) atoms. The third-order valence-corrected chi connectivity index (χ3v) is 0.707. The Morgan fingerprint density at radius 1 is 1.73 bits per heavy atom. The minimum Gasteiger partial charge on any atom is -0.443 e. The molecule has 0 aromatic carbocycles. The minimum atomic E-state index is -0.984. The highest BCUT2D eigenvalue weighted by Gasteiger charge is 2.15. The SMILES string of the molecule is CC(C)(N)OC(=O)CNC=O. The van der Waals surface area contributed by atoms with Crippen LogP contribution in [0.5, 0.6) is 0 Å². The van der Waals surface area contributed by atoms with E-state index in [9.17, 15) is 9.59 Å². The number of hydrogen-bond acceptors (Lipinski definition) is 4. The lowest BCUT2D eigenvalue weighted by Crippen LogP contribution is -2.40. The fourth-order valence-electron chi connectivity index (χ4n) is 0.454. The molecule has 0 radical (unpaired) electrons. The number of carbonyl (C=O) groups excluding carboxylic acids is 2. The van der Waals surface area contributed by atoms with Crippen LogP contribution < -0.4 is 11.1 Å². The van der Waals surface area contributed by atoms with Gasteiger partial charge in [-0.2, -0.15) is 0 Å². The number of hydrogen-bond donors (Lipinski definition) is 2. The van der Waals surface area contributed by atoms with E-state index in [2.05, 4.69) is 10.1 Å². The summed E-state index contributed by atoms with van der Waals surface area (Å²) in [5.41, 5.74) is 4.36. The van der Waals surface area contributed by atoms with Crippen molar-refractivity contribution in [1.82, 2.24) is 5.32 Å². The van der Waals surface area contributed by atoms with Crippen molar-refractivity contribution in [3.05, 3.63) is 0 Å². The molecule has 0 saturated carbocycles. The van der Waals surface area contributed by atoms with Gasteiger partial charge < -0.3 is 10.1 Å². The maximum atomic E-state index is 10.7. The van der Waals surface area contributed by atoms with Crippen molar-refractivity contribution < 1.29 is 14.3 Å². The Kier molecular flexibility index (Phi) is 3.53. The lowest BCUT2D eigenvalue weighted by atomic mass is 10.3. The van der Waals surface area contributed by atoms with E-state index in [4.69, 9.17) is 5.73 Å². The van der Waals surface area contributed by atoms with Crippen LogP contribution in [0.15, 0.2) is 0 Å². The molecule has 64 valence electrons. The van der Waals surface area contributed by atoms with Gasteiger partial charge in [-0.3, -0.25) is 15.3 Å². The molecule has 5 heteroatoms. The minimum absolute atomic E-state index is 0.149. The Balaban J connectivity index is 3.61. The van der Waals surface area contributed by atoms with Gasteiger partial charge in [0.15, 0.2) is 5.72 Å². The molecule has 0 unspecified atom stereocenters. The van der Waals surface area contributed by atoms with Gasteiger partial charge in [-0.05, 0) is 13.8 Å². The molecule has 0 heterocycles. The van der Waals surface area contributed by atoms with Gasteiger partial charge in [0.2, 0.25) is 6.41 Å². The standard InChI is InChI=1S/C6H12N2O3/c1-6(2,7)11-5(10)3-8-4-9/h4H,3,7H2,1-2H3,(H,8,9). The van der Waals surface area contributed by atoms with Crippen LogP contribution in [0.4, 0.5) is 0 Å². The number of nitrogens with one attached hydrogen (secondary N) is 1. The summed E-state index contributed by atoms with van der Waals surface area (Å²) in [6.45, 7) is 2.95. The molecule has 3 N–H and O–H groups in total. The van der Waals surface area contributed by atoms with E-state index < -0.39 is 11.7 Å². The van der Waals surface area contributed by atoms with Crippen LogP contribution in [-0.2, 0) is 14.3 Å². The van der Waals surface area contributed by atoms with Crippen LogP contribution in [0.25, 0.3) is 0 Å². The number of ether oxygens (including phenoxy) is 1. The molecule has 0 atom stereocenters. The summed E-state index contributed by atoms with van der Waals surface area (Å²) in [5.74, 6) is -0.551. The fourth-order valence-corrected chi connectivity index (χ4v) is 0.454. The molecule has 0 spiro atoms. The van der Waals surface area contributed by atoms with Crippen LogP contribution in [0.1, 0.15) is 13.8 Å². The Morgan fingerprint density at radius 2 is 2.27 bits per heavy atom. The zero-order valence-corrected chi connectivity index (χ0v) is 6.59. The predicted molar refractivity (Wildman–Crippen MR) is 38.4 cm³/mol. The molecular weight excluding hydrogens is 148 g/mol. The summed E-state index contributed by atoms with van der Waals surface area (Å²) in [6.07, 6.45) is 0.421. The summed E-state index contributed by atoms with van der Waals surface area (Å²) in [5, 5.41) is 2.16. The monoisotopic (exact) mass is 160 g/mol. The second-order valence-electron chi connectivity index (χ2n) is 2.58. The first-order valence-corrected chi connectivity index (χ1v) is 3.13. The molecule has 0 aromatic rings. The van der Waals surface area contributed by atoms with Crippen molar-refractivity contribution in [2.45, 2.75) is 19.6 Å². The van der Waals surface area contributed by atoms with Gasteiger partial charge in [-0.15, -0.1) is 0 Å². The number of nitrogens with two attached hydrogens (primary N) is 1. The zero-order chi connectivity index (χ0) is 8.91. The average Bonchev–Trinajstić information content (AvgIpc) is 1.79. The van der Waals surface area contributed by atoms with E-state index in [1.165, 1.54) is 0 Å². The Hall–Kier alpha value is -1.10. The van der Waals surface area contributed by atoms with E-state index in [1.54, 1.807) is 13.8 Å². The summed E-state index contributed by atoms with van der Waals surface area (Å²) in [6, 6.07) is 0. The van der Waals surface area contributed by atoms with Crippen molar-refractivity contribution in [3.63, 3.8) is 0 Å². The van der Waals surface area contributed by atoms with Gasteiger partial charge >= 0.3 is 5.97 Å². The second kappa shape index (κ2) is 3.92. The molecule has 0 aliphatic carbocycles. The fraction of sp³-hybridized carbons (Fsp3) is 0.667. The highest BCUT2D eigenvalue weighted by atomic mass is 16.6. The number of rotatable bonds is 4. The lowest BCUT2D eigenvalue weighted by Gasteiger charge is -2.18. The van der Waals surface area contributed by atoms with Crippen molar-refractivity contribution in [3.8, 4) is 0 Å². The highest BCUT2D eigenvalue weighted by Crippen LogP contribution is 1.97. The van der Waals surface area contributed by atoms with Crippen LogP contribution in [-0.4, -0.2) is 24.6 Å². The largest absolute Gasteiger partial charge is 0.443 e. The normalized spacial score (nSPS) is 10.5. The first-order valence-electron chi connectivity index (χ1n) is 3.13. The Bertz CT molecular complexity index is 150. The van der Waals surface area contributed by atoms with Crippen LogP contribution >= 0.6 is 0 Å². The van der Waals surface area contributed by atoms with E-state index in [-0.39, 0.29) is 6.54 Å². The summed E-state index contributed by atoms with van der Waals surface area (Å²) < 4.78 is 4.66. The van der Waals surface area contributed by atoms with Crippen LogP contribution in [0.2, 0.25) is 0 Å². The van der Waals surface area contributed by atoms with Gasteiger partial charge in [0.25, 0.3) is 0 Å². The first kappa shape index (κ1) is 9.90. The average molecular weight is 160 g/mol. The van der Waals surface area contributed by atoms with Gasteiger partial charge in [0.1, 0.15) is 6.54 Å². The highest BCUT2D eigenvalue weighted by molar-refractivity contribution is 5.74. The lowest BCUT2D eigenvalue weighted by molar-refractivity contribution is -0.155. The van der Waals surface area contributed by atoms with E-state index in [0.29, 0.717) is 6.41 Å². The third-order valence-electron chi connectivity index (χ3n) is 0.707. The molecule has 0 aromatic heterocycles. The molecular formula is C6H12N2O3. The summed E-state index contributed by atoms with van der Waals surface area (Å²) in [7, 11) is 0. The zero-order valence-electron chi connectivity index (χ0n) is 6.59. The van der Waals surface area contributed by atoms with Crippen molar-refractivity contribution in [2.75, 3.05) is 6.54 Å².